The molecule has 2 N–H and O–H groups in total. The molecule has 6 heteroatoms. The average Bonchev–Trinajstić information content (AvgIpc) is 2.25. The highest BCUT2D eigenvalue weighted by Crippen LogP contribution is 2.06. The van der Waals surface area contributed by atoms with E-state index in [0.29, 0.717) is 0 Å². The first kappa shape index (κ1) is 13.1. The molecule has 0 saturated heterocycles. The molecule has 1 aromatic rings. The molecule has 1 aromatic heterocycles. The monoisotopic (exact) mass is 240 g/mol. The highest BCUT2D eigenvalue weighted by atomic mass is 19.1. The lowest BCUT2D eigenvalue weighted by Crippen LogP contribution is -2.44. The predicted molar refractivity (Wildman–Crippen MR) is 57.9 cm³/mol. The number of carboxylic acids is 1. The SMILES string of the molecule is CC(C)[C@H](NC(=O)c1cccnc1F)C(=O)O. The number of carboxylic acid groups (broad SMARTS) is 1. The molecule has 5 nitrogen and oxygen atoms in total. The number of hydrogen-bond donors (Lipinski definition) is 2. The maximum atomic E-state index is 13.2. The maximum absolute atomic E-state index is 13.2. The van der Waals surface area contributed by atoms with Crippen LogP contribution in [0, 0.1) is 11.9 Å². The Morgan fingerprint density at radius 2 is 2.12 bits per heavy atom. The number of hydrogen-bond acceptors (Lipinski definition) is 3. The zero-order valence-electron chi connectivity index (χ0n) is 9.48. The molecule has 0 saturated carbocycles. The van der Waals surface area contributed by atoms with Gasteiger partial charge in [0.1, 0.15) is 6.04 Å². The van der Waals surface area contributed by atoms with Crippen molar-refractivity contribution >= 4 is 11.9 Å². The highest BCUT2D eigenvalue weighted by Gasteiger charge is 2.25. The Kier molecular flexibility index (Phi) is 4.14. The quantitative estimate of drug-likeness (QED) is 0.771. The third-order valence-corrected chi connectivity index (χ3v) is 2.22. The van der Waals surface area contributed by atoms with Gasteiger partial charge in [0.15, 0.2) is 0 Å². The molecule has 0 bridgehead atoms. The molecule has 0 unspecified atom stereocenters. The molecule has 1 atom stereocenters. The van der Waals surface area contributed by atoms with Crippen LogP contribution in [0.15, 0.2) is 18.3 Å². The van der Waals surface area contributed by atoms with Crippen molar-refractivity contribution in [2.24, 2.45) is 5.92 Å². The lowest BCUT2D eigenvalue weighted by molar-refractivity contribution is -0.140. The van der Waals surface area contributed by atoms with Gasteiger partial charge in [-0.15, -0.1) is 0 Å². The second kappa shape index (κ2) is 5.38. The van der Waals surface area contributed by atoms with E-state index in [9.17, 15) is 14.0 Å². The number of nitrogens with one attached hydrogen (secondary N) is 1. The summed E-state index contributed by atoms with van der Waals surface area (Å²) in [6, 6.07) is 1.60. The first-order chi connectivity index (χ1) is 7.93. The molecule has 0 radical (unpaired) electrons. The molecule has 0 aromatic carbocycles. The summed E-state index contributed by atoms with van der Waals surface area (Å²) < 4.78 is 13.2. The summed E-state index contributed by atoms with van der Waals surface area (Å²) in [5, 5.41) is 11.1. The van der Waals surface area contributed by atoms with Crippen LogP contribution in [0.25, 0.3) is 0 Å². The minimum absolute atomic E-state index is 0.264. The molecular weight excluding hydrogens is 227 g/mol. The van der Waals surface area contributed by atoms with Crippen molar-refractivity contribution in [2.45, 2.75) is 19.9 Å². The first-order valence-corrected chi connectivity index (χ1v) is 5.07. The van der Waals surface area contributed by atoms with Crippen molar-refractivity contribution in [3.05, 3.63) is 29.8 Å². The van der Waals surface area contributed by atoms with Gasteiger partial charge in [0, 0.05) is 6.20 Å². The van der Waals surface area contributed by atoms with Gasteiger partial charge >= 0.3 is 5.97 Å². The summed E-state index contributed by atoms with van der Waals surface area (Å²) >= 11 is 0. The molecule has 0 spiro atoms. The molecule has 17 heavy (non-hydrogen) atoms. The van der Waals surface area contributed by atoms with E-state index in [0.717, 1.165) is 0 Å². The van der Waals surface area contributed by atoms with Crippen LogP contribution in [-0.4, -0.2) is 28.0 Å². The number of aliphatic carboxylic acids is 1. The summed E-state index contributed by atoms with van der Waals surface area (Å²) in [4.78, 5) is 25.8. The van der Waals surface area contributed by atoms with Crippen LogP contribution in [0.3, 0.4) is 0 Å². The zero-order chi connectivity index (χ0) is 13.0. The number of amides is 1. The van der Waals surface area contributed by atoms with Crippen LogP contribution in [0.1, 0.15) is 24.2 Å². The van der Waals surface area contributed by atoms with E-state index in [4.69, 9.17) is 5.11 Å². The Balaban J connectivity index is 2.85. The second-order valence-corrected chi connectivity index (χ2v) is 3.88. The third kappa shape index (κ3) is 3.24. The topological polar surface area (TPSA) is 79.3 Å². The van der Waals surface area contributed by atoms with Crippen molar-refractivity contribution in [1.82, 2.24) is 10.3 Å². The number of nitrogens with zero attached hydrogens (tertiary/aromatic N) is 1. The van der Waals surface area contributed by atoms with Gasteiger partial charge in [-0.2, -0.15) is 4.39 Å². The van der Waals surface area contributed by atoms with Gasteiger partial charge in [0.25, 0.3) is 5.91 Å². The van der Waals surface area contributed by atoms with Crippen LogP contribution in [0.4, 0.5) is 4.39 Å². The van der Waals surface area contributed by atoms with E-state index in [2.05, 4.69) is 10.3 Å². The Morgan fingerprint density at radius 3 is 2.59 bits per heavy atom. The minimum atomic E-state index is -1.15. The number of aromatic nitrogens is 1. The summed E-state index contributed by atoms with van der Waals surface area (Å²) in [5.74, 6) is -3.15. The van der Waals surface area contributed by atoms with Crippen LogP contribution in [-0.2, 0) is 4.79 Å². The van der Waals surface area contributed by atoms with Crippen molar-refractivity contribution in [1.29, 1.82) is 0 Å². The zero-order valence-corrected chi connectivity index (χ0v) is 9.48. The van der Waals surface area contributed by atoms with Crippen molar-refractivity contribution in [3.63, 3.8) is 0 Å². The van der Waals surface area contributed by atoms with E-state index < -0.39 is 23.9 Å². The van der Waals surface area contributed by atoms with Crippen molar-refractivity contribution in [3.8, 4) is 0 Å². The van der Waals surface area contributed by atoms with Gasteiger partial charge < -0.3 is 10.4 Å². The summed E-state index contributed by atoms with van der Waals surface area (Å²) in [6.07, 6.45) is 1.21. The summed E-state index contributed by atoms with van der Waals surface area (Å²) in [5.41, 5.74) is -0.264. The number of pyridine rings is 1. The lowest BCUT2D eigenvalue weighted by atomic mass is 10.0. The van der Waals surface area contributed by atoms with Gasteiger partial charge in [0.2, 0.25) is 5.95 Å². The van der Waals surface area contributed by atoms with Crippen molar-refractivity contribution < 1.29 is 19.1 Å². The smallest absolute Gasteiger partial charge is 0.326 e. The molecule has 1 rings (SSSR count). The fourth-order valence-electron chi connectivity index (χ4n) is 1.29. The van der Waals surface area contributed by atoms with Gasteiger partial charge in [-0.05, 0) is 18.1 Å². The summed E-state index contributed by atoms with van der Waals surface area (Å²) in [7, 11) is 0. The molecular formula is C11H13FN2O3. The molecule has 0 aliphatic heterocycles. The number of carbonyl (C=O) groups excluding carboxylic acids is 1. The van der Waals surface area contributed by atoms with Gasteiger partial charge in [0.05, 0.1) is 5.56 Å². The van der Waals surface area contributed by atoms with E-state index in [1.165, 1.54) is 18.3 Å². The molecule has 0 aliphatic rings. The van der Waals surface area contributed by atoms with Gasteiger partial charge in [-0.1, -0.05) is 13.8 Å². The normalized spacial score (nSPS) is 12.2. The lowest BCUT2D eigenvalue weighted by Gasteiger charge is -2.17. The Hall–Kier alpha value is -1.98. The standard InChI is InChI=1S/C11H13FN2O3/c1-6(2)8(11(16)17)14-10(15)7-4-3-5-13-9(7)12/h3-6,8H,1-2H3,(H,14,15)(H,16,17)/t8-/m0/s1. The molecule has 1 amide bonds. The van der Waals surface area contributed by atoms with Gasteiger partial charge in [-0.25, -0.2) is 9.78 Å². The van der Waals surface area contributed by atoms with E-state index in [1.54, 1.807) is 13.8 Å². The number of rotatable bonds is 4. The van der Waals surface area contributed by atoms with E-state index >= 15 is 0 Å². The highest BCUT2D eigenvalue weighted by molar-refractivity contribution is 5.96. The minimum Gasteiger partial charge on any atom is -0.480 e. The van der Waals surface area contributed by atoms with Crippen LogP contribution in [0.5, 0.6) is 0 Å². The Labute approximate surface area is 97.7 Å². The predicted octanol–water partition coefficient (Wildman–Crippen LogP) is 1.06. The van der Waals surface area contributed by atoms with Crippen molar-refractivity contribution in [2.75, 3.05) is 0 Å². The Morgan fingerprint density at radius 1 is 1.47 bits per heavy atom. The van der Waals surface area contributed by atoms with Crippen LogP contribution >= 0.6 is 0 Å². The first-order valence-electron chi connectivity index (χ1n) is 5.07. The second-order valence-electron chi connectivity index (χ2n) is 3.88. The fourth-order valence-corrected chi connectivity index (χ4v) is 1.29. The maximum Gasteiger partial charge on any atom is 0.326 e. The molecule has 0 aliphatic carbocycles. The largest absolute Gasteiger partial charge is 0.480 e. The molecule has 0 fully saturated rings. The fraction of sp³-hybridized carbons (Fsp3) is 0.364. The van der Waals surface area contributed by atoms with Gasteiger partial charge in [-0.3, -0.25) is 4.79 Å². The van der Waals surface area contributed by atoms with E-state index in [-0.39, 0.29) is 11.5 Å². The number of carbonyl (C=O) groups is 2. The molecule has 1 heterocycles. The Bertz CT molecular complexity index is 434. The van der Waals surface area contributed by atoms with E-state index in [1.807, 2.05) is 0 Å². The summed E-state index contributed by atoms with van der Waals surface area (Å²) in [6.45, 7) is 3.30. The molecule has 92 valence electrons. The third-order valence-electron chi connectivity index (χ3n) is 2.22. The number of halogens is 1. The van der Waals surface area contributed by atoms with Crippen LogP contribution in [0.2, 0.25) is 0 Å². The average molecular weight is 240 g/mol. The van der Waals surface area contributed by atoms with Crippen LogP contribution < -0.4 is 5.32 Å².